The van der Waals surface area contributed by atoms with Gasteiger partial charge in [-0.1, -0.05) is 42.1 Å². The molecule has 0 bridgehead atoms. The average molecular weight is 282 g/mol. The van der Waals surface area contributed by atoms with E-state index in [1.807, 2.05) is 30.3 Å². The van der Waals surface area contributed by atoms with Gasteiger partial charge in [0, 0.05) is 5.25 Å². The SMILES string of the molecule is O=S1(=O)CC2NC(=NCc3ccccc3)SC2C1. The van der Waals surface area contributed by atoms with Crippen molar-refractivity contribution in [1.29, 1.82) is 0 Å². The lowest BCUT2D eigenvalue weighted by molar-refractivity contribution is 0.600. The molecule has 0 aromatic heterocycles. The zero-order valence-corrected chi connectivity index (χ0v) is 11.4. The fraction of sp³-hybridized carbons (Fsp3) is 0.417. The number of benzene rings is 1. The van der Waals surface area contributed by atoms with E-state index in [9.17, 15) is 8.42 Å². The van der Waals surface area contributed by atoms with Crippen LogP contribution in [0.4, 0.5) is 0 Å². The molecule has 2 unspecified atom stereocenters. The van der Waals surface area contributed by atoms with Gasteiger partial charge in [-0.3, -0.25) is 4.99 Å². The largest absolute Gasteiger partial charge is 0.360 e. The van der Waals surface area contributed by atoms with Gasteiger partial charge < -0.3 is 5.32 Å². The lowest BCUT2D eigenvalue weighted by Gasteiger charge is -2.03. The Balaban J connectivity index is 1.64. The highest BCUT2D eigenvalue weighted by Gasteiger charge is 2.43. The van der Waals surface area contributed by atoms with E-state index in [0.717, 1.165) is 10.7 Å². The molecule has 0 radical (unpaired) electrons. The van der Waals surface area contributed by atoms with Crippen molar-refractivity contribution in [2.45, 2.75) is 17.8 Å². The van der Waals surface area contributed by atoms with Crippen LogP contribution in [-0.4, -0.2) is 36.4 Å². The molecule has 2 heterocycles. The number of hydrogen-bond acceptors (Lipinski definition) is 4. The third-order valence-corrected chi connectivity index (χ3v) is 6.33. The Hall–Kier alpha value is -1.01. The number of thioether (sulfide) groups is 1. The first-order valence-corrected chi connectivity index (χ1v) is 8.54. The highest BCUT2D eigenvalue weighted by atomic mass is 32.2. The monoisotopic (exact) mass is 282 g/mol. The highest BCUT2D eigenvalue weighted by molar-refractivity contribution is 8.15. The first kappa shape index (κ1) is 12.0. The standard InChI is InChI=1S/C12H14N2O2S2/c15-18(16)7-10-11(8-18)17-12(14-10)13-6-9-4-2-1-3-5-9/h1-5,10-11H,6-8H2,(H,13,14). The summed E-state index contributed by atoms with van der Waals surface area (Å²) in [4.78, 5) is 4.50. The average Bonchev–Trinajstić information content (AvgIpc) is 2.81. The van der Waals surface area contributed by atoms with E-state index in [2.05, 4.69) is 10.3 Å². The van der Waals surface area contributed by atoms with Crippen molar-refractivity contribution < 1.29 is 8.42 Å². The van der Waals surface area contributed by atoms with Gasteiger partial charge in [0.05, 0.1) is 24.1 Å². The molecular weight excluding hydrogens is 268 g/mol. The molecule has 0 aliphatic carbocycles. The van der Waals surface area contributed by atoms with Crippen molar-refractivity contribution in [3.05, 3.63) is 35.9 Å². The molecule has 96 valence electrons. The normalized spacial score (nSPS) is 31.2. The minimum absolute atomic E-state index is 0.0505. The van der Waals surface area contributed by atoms with Crippen LogP contribution in [0.1, 0.15) is 5.56 Å². The first-order chi connectivity index (χ1) is 8.62. The maximum atomic E-state index is 11.4. The van der Waals surface area contributed by atoms with Crippen LogP contribution in [-0.2, 0) is 16.4 Å². The fourth-order valence-corrected chi connectivity index (χ4v) is 5.95. The quantitative estimate of drug-likeness (QED) is 0.880. The maximum Gasteiger partial charge on any atom is 0.157 e. The Bertz CT molecular complexity index is 547. The van der Waals surface area contributed by atoms with Gasteiger partial charge >= 0.3 is 0 Å². The van der Waals surface area contributed by atoms with Crippen LogP contribution in [0, 0.1) is 0 Å². The second kappa shape index (κ2) is 4.59. The molecule has 3 rings (SSSR count). The van der Waals surface area contributed by atoms with E-state index >= 15 is 0 Å². The lowest BCUT2D eigenvalue weighted by Crippen LogP contribution is -2.31. The first-order valence-electron chi connectivity index (χ1n) is 5.84. The number of sulfone groups is 1. The Morgan fingerprint density at radius 1 is 1.28 bits per heavy atom. The van der Waals surface area contributed by atoms with Crippen molar-refractivity contribution in [3.8, 4) is 0 Å². The van der Waals surface area contributed by atoms with Crippen LogP contribution in [0.3, 0.4) is 0 Å². The van der Waals surface area contributed by atoms with Gasteiger partial charge in [0.25, 0.3) is 0 Å². The summed E-state index contributed by atoms with van der Waals surface area (Å²) >= 11 is 1.56. The van der Waals surface area contributed by atoms with Crippen molar-refractivity contribution in [2.24, 2.45) is 4.99 Å². The second-order valence-electron chi connectivity index (χ2n) is 4.59. The molecule has 18 heavy (non-hydrogen) atoms. The molecule has 0 saturated carbocycles. The highest BCUT2D eigenvalue weighted by Crippen LogP contribution is 2.31. The lowest BCUT2D eigenvalue weighted by atomic mass is 10.2. The van der Waals surface area contributed by atoms with Gasteiger partial charge in [-0.05, 0) is 5.56 Å². The number of hydrogen-bond donors (Lipinski definition) is 1. The van der Waals surface area contributed by atoms with Crippen LogP contribution in [0.15, 0.2) is 35.3 Å². The minimum atomic E-state index is -2.83. The Morgan fingerprint density at radius 2 is 2.06 bits per heavy atom. The Kier molecular flexibility index (Phi) is 3.07. The third kappa shape index (κ3) is 2.54. The maximum absolute atomic E-state index is 11.4. The van der Waals surface area contributed by atoms with Gasteiger partial charge in [0.2, 0.25) is 0 Å². The molecule has 2 atom stereocenters. The number of nitrogens with zero attached hydrogens (tertiary/aromatic N) is 1. The van der Waals surface area contributed by atoms with Crippen molar-refractivity contribution in [1.82, 2.24) is 5.32 Å². The van der Waals surface area contributed by atoms with E-state index in [1.165, 1.54) is 0 Å². The van der Waals surface area contributed by atoms with Crippen LogP contribution in [0.2, 0.25) is 0 Å². The van der Waals surface area contributed by atoms with Crippen LogP contribution >= 0.6 is 11.8 Å². The van der Waals surface area contributed by atoms with Crippen LogP contribution < -0.4 is 5.32 Å². The zero-order chi connectivity index (χ0) is 12.6. The minimum Gasteiger partial charge on any atom is -0.360 e. The predicted octanol–water partition coefficient (Wildman–Crippen LogP) is 1.04. The van der Waals surface area contributed by atoms with Gasteiger partial charge in [0.1, 0.15) is 0 Å². The number of amidine groups is 1. The molecular formula is C12H14N2O2S2. The van der Waals surface area contributed by atoms with Crippen molar-refractivity contribution >= 4 is 26.8 Å². The number of aliphatic imine (C=N–C) groups is 1. The van der Waals surface area contributed by atoms with Crippen molar-refractivity contribution in [3.63, 3.8) is 0 Å². The summed E-state index contributed by atoms with van der Waals surface area (Å²) in [6, 6.07) is 10.1. The molecule has 0 spiro atoms. The Morgan fingerprint density at radius 3 is 2.78 bits per heavy atom. The van der Waals surface area contributed by atoms with E-state index in [1.54, 1.807) is 11.8 Å². The molecule has 1 N–H and O–H groups in total. The van der Waals surface area contributed by atoms with Gasteiger partial charge in [0.15, 0.2) is 15.0 Å². The summed E-state index contributed by atoms with van der Waals surface area (Å²) in [6.45, 7) is 0.641. The smallest absolute Gasteiger partial charge is 0.157 e. The fourth-order valence-electron chi connectivity index (χ4n) is 2.23. The van der Waals surface area contributed by atoms with E-state index < -0.39 is 9.84 Å². The summed E-state index contributed by atoms with van der Waals surface area (Å²) in [7, 11) is -2.83. The molecule has 0 amide bonds. The summed E-state index contributed by atoms with van der Waals surface area (Å²) in [6.07, 6.45) is 0. The molecule has 6 heteroatoms. The molecule has 1 aromatic carbocycles. The van der Waals surface area contributed by atoms with Crippen LogP contribution in [0.5, 0.6) is 0 Å². The van der Waals surface area contributed by atoms with E-state index in [-0.39, 0.29) is 22.8 Å². The number of fused-ring (bicyclic) bond motifs is 1. The van der Waals surface area contributed by atoms with Gasteiger partial charge in [-0.15, -0.1) is 0 Å². The van der Waals surface area contributed by atoms with Gasteiger partial charge in [-0.25, -0.2) is 8.42 Å². The second-order valence-corrected chi connectivity index (χ2v) is 7.97. The number of rotatable bonds is 2. The third-order valence-electron chi connectivity index (χ3n) is 3.12. The van der Waals surface area contributed by atoms with Gasteiger partial charge in [-0.2, -0.15) is 0 Å². The molecule has 2 aliphatic rings. The summed E-state index contributed by atoms with van der Waals surface area (Å²) in [5, 5.41) is 4.23. The van der Waals surface area contributed by atoms with E-state index in [0.29, 0.717) is 6.54 Å². The summed E-state index contributed by atoms with van der Waals surface area (Å²) in [5.74, 6) is 0.523. The van der Waals surface area contributed by atoms with Crippen LogP contribution in [0.25, 0.3) is 0 Å². The Labute approximate surface area is 111 Å². The number of nitrogens with one attached hydrogen (secondary N) is 1. The zero-order valence-electron chi connectivity index (χ0n) is 9.74. The topological polar surface area (TPSA) is 58.5 Å². The van der Waals surface area contributed by atoms with E-state index in [4.69, 9.17) is 0 Å². The molecule has 4 nitrogen and oxygen atoms in total. The summed E-state index contributed by atoms with van der Waals surface area (Å²) < 4.78 is 22.9. The predicted molar refractivity (Wildman–Crippen MR) is 74.5 cm³/mol. The molecule has 2 fully saturated rings. The molecule has 2 saturated heterocycles. The van der Waals surface area contributed by atoms with Crippen molar-refractivity contribution in [2.75, 3.05) is 11.5 Å². The molecule has 2 aliphatic heterocycles. The summed E-state index contributed by atoms with van der Waals surface area (Å²) in [5.41, 5.74) is 1.16. The molecule has 1 aromatic rings.